The van der Waals surface area contributed by atoms with Gasteiger partial charge in [-0.25, -0.2) is 14.7 Å². The summed E-state index contributed by atoms with van der Waals surface area (Å²) >= 11 is 14.4. The van der Waals surface area contributed by atoms with Crippen molar-refractivity contribution in [3.63, 3.8) is 0 Å². The number of hydrogen-bond donors (Lipinski definition) is 0. The zero-order valence-corrected chi connectivity index (χ0v) is 20.0. The minimum absolute atomic E-state index is 0.0284. The first-order chi connectivity index (χ1) is 15.9. The van der Waals surface area contributed by atoms with E-state index in [1.54, 1.807) is 31.2 Å². The van der Waals surface area contributed by atoms with Crippen LogP contribution in [0.4, 0.5) is 10.5 Å². The molecule has 4 aromatic rings. The third-order valence-electron chi connectivity index (χ3n) is 4.85. The van der Waals surface area contributed by atoms with Crippen LogP contribution in [0.2, 0.25) is 10.0 Å². The molecule has 168 valence electrons. The van der Waals surface area contributed by atoms with E-state index in [1.807, 2.05) is 24.3 Å². The summed E-state index contributed by atoms with van der Waals surface area (Å²) in [6.45, 7) is 2.00. The number of para-hydroxylation sites is 2. The Labute approximate surface area is 204 Å². The van der Waals surface area contributed by atoms with Crippen molar-refractivity contribution in [2.45, 2.75) is 13.5 Å². The van der Waals surface area contributed by atoms with Crippen molar-refractivity contribution in [3.8, 4) is 5.75 Å². The van der Waals surface area contributed by atoms with Gasteiger partial charge in [0.05, 0.1) is 38.6 Å². The number of fused-ring (bicyclic) bond motifs is 1. The number of imide groups is 1. The van der Waals surface area contributed by atoms with Gasteiger partial charge in [0.1, 0.15) is 17.4 Å². The van der Waals surface area contributed by atoms with Gasteiger partial charge in [-0.3, -0.25) is 4.79 Å². The van der Waals surface area contributed by atoms with E-state index in [-0.39, 0.29) is 22.2 Å². The zero-order valence-electron chi connectivity index (χ0n) is 17.7. The van der Waals surface area contributed by atoms with Crippen LogP contribution in [0, 0.1) is 6.92 Å². The third-order valence-corrected chi connectivity index (χ3v) is 6.45. The van der Waals surface area contributed by atoms with Gasteiger partial charge < -0.3 is 9.47 Å². The molecule has 0 saturated carbocycles. The van der Waals surface area contributed by atoms with Gasteiger partial charge in [-0.05, 0) is 42.8 Å². The van der Waals surface area contributed by atoms with E-state index in [4.69, 9.17) is 32.7 Å². The summed E-state index contributed by atoms with van der Waals surface area (Å²) in [6.07, 6.45) is -0.849. The molecule has 0 aliphatic carbocycles. The maximum atomic E-state index is 13.3. The molecule has 3 aromatic carbocycles. The highest BCUT2D eigenvalue weighted by Gasteiger charge is 2.30. The van der Waals surface area contributed by atoms with Gasteiger partial charge in [0.25, 0.3) is 5.91 Å². The van der Waals surface area contributed by atoms with Crippen LogP contribution < -0.4 is 9.64 Å². The summed E-state index contributed by atoms with van der Waals surface area (Å²) in [5.74, 6) is -0.329. The summed E-state index contributed by atoms with van der Waals surface area (Å²) in [5, 5.41) is 0.892. The monoisotopic (exact) mass is 500 g/mol. The van der Waals surface area contributed by atoms with Crippen molar-refractivity contribution in [1.29, 1.82) is 0 Å². The second-order valence-electron chi connectivity index (χ2n) is 7.02. The van der Waals surface area contributed by atoms with E-state index in [9.17, 15) is 9.59 Å². The molecule has 0 atom stereocenters. The quantitative estimate of drug-likeness (QED) is 0.298. The fourth-order valence-corrected chi connectivity index (χ4v) is 4.78. The average Bonchev–Trinajstić information content (AvgIpc) is 3.21. The maximum absolute atomic E-state index is 13.3. The Bertz CT molecular complexity index is 1300. The first-order valence-corrected chi connectivity index (χ1v) is 11.4. The predicted molar refractivity (Wildman–Crippen MR) is 131 cm³/mol. The Hall–Kier alpha value is -3.13. The molecular formula is C24H18Cl2N2O4S. The van der Waals surface area contributed by atoms with E-state index in [1.165, 1.54) is 30.6 Å². The average molecular weight is 501 g/mol. The van der Waals surface area contributed by atoms with Crippen LogP contribution in [-0.4, -0.2) is 24.1 Å². The van der Waals surface area contributed by atoms with E-state index in [0.29, 0.717) is 17.0 Å². The molecule has 0 aliphatic rings. The second-order valence-corrected chi connectivity index (χ2v) is 8.95. The van der Waals surface area contributed by atoms with Crippen molar-refractivity contribution >= 4 is 62.4 Å². The van der Waals surface area contributed by atoms with Gasteiger partial charge >= 0.3 is 6.09 Å². The van der Waals surface area contributed by atoms with Crippen LogP contribution in [0.25, 0.3) is 10.2 Å². The first-order valence-electron chi connectivity index (χ1n) is 9.83. The van der Waals surface area contributed by atoms with E-state index in [2.05, 4.69) is 4.98 Å². The first kappa shape index (κ1) is 23.0. The molecule has 2 amide bonds. The van der Waals surface area contributed by atoms with Crippen LogP contribution in [0.3, 0.4) is 0 Å². The Morgan fingerprint density at radius 1 is 1.03 bits per heavy atom. The molecule has 0 saturated heterocycles. The van der Waals surface area contributed by atoms with Gasteiger partial charge in [0.2, 0.25) is 0 Å². The van der Waals surface area contributed by atoms with Crippen LogP contribution in [0.1, 0.15) is 20.9 Å². The molecule has 9 heteroatoms. The smallest absolute Gasteiger partial charge is 0.421 e. The number of halogens is 2. The molecule has 0 bridgehead atoms. The number of anilines is 1. The molecule has 0 spiro atoms. The van der Waals surface area contributed by atoms with Crippen molar-refractivity contribution < 1.29 is 19.1 Å². The lowest BCUT2D eigenvalue weighted by Crippen LogP contribution is -2.37. The normalized spacial score (nSPS) is 10.8. The summed E-state index contributed by atoms with van der Waals surface area (Å²) in [7, 11) is 1.20. The number of thiazole rings is 1. The molecule has 0 aliphatic heterocycles. The topological polar surface area (TPSA) is 68.7 Å². The molecule has 0 unspecified atom stereocenters. The highest BCUT2D eigenvalue weighted by molar-refractivity contribution is 7.18. The number of hydrogen-bond acceptors (Lipinski definition) is 6. The second kappa shape index (κ2) is 9.79. The highest BCUT2D eigenvalue weighted by Crippen LogP contribution is 2.34. The van der Waals surface area contributed by atoms with Gasteiger partial charge in [0.15, 0.2) is 0 Å². The largest absolute Gasteiger partial charge is 0.486 e. The van der Waals surface area contributed by atoms with E-state index in [0.717, 1.165) is 20.1 Å². The maximum Gasteiger partial charge on any atom is 0.421 e. The molecule has 0 fully saturated rings. The van der Waals surface area contributed by atoms with Crippen LogP contribution in [-0.2, 0) is 11.3 Å². The Morgan fingerprint density at radius 2 is 1.70 bits per heavy atom. The highest BCUT2D eigenvalue weighted by atomic mass is 35.5. The minimum atomic E-state index is -0.849. The van der Waals surface area contributed by atoms with E-state index >= 15 is 0 Å². The SMILES string of the molecule is COC(=O)N(C(=O)c1c(Cl)cc(OCc2nc3ccccc3s2)cc1Cl)c1ccccc1C. The Morgan fingerprint density at radius 3 is 2.36 bits per heavy atom. The number of carbonyl (C=O) groups excluding carboxylic acids is 2. The van der Waals surface area contributed by atoms with Gasteiger partial charge in [-0.2, -0.15) is 0 Å². The lowest BCUT2D eigenvalue weighted by molar-refractivity contribution is 0.0976. The predicted octanol–water partition coefficient (Wildman–Crippen LogP) is 6.90. The standard InChI is InChI=1S/C24H18Cl2N2O4S/c1-14-7-3-5-9-19(14)28(24(30)31-2)23(29)22-16(25)11-15(12-17(22)26)32-13-21-27-18-8-4-6-10-20(18)33-21/h3-12H,13H2,1-2H3. The lowest BCUT2D eigenvalue weighted by Gasteiger charge is -2.22. The lowest BCUT2D eigenvalue weighted by atomic mass is 10.1. The zero-order chi connectivity index (χ0) is 23.5. The number of aromatic nitrogens is 1. The van der Waals surface area contributed by atoms with E-state index < -0.39 is 12.0 Å². The minimum Gasteiger partial charge on any atom is -0.486 e. The summed E-state index contributed by atoms with van der Waals surface area (Å²) < 4.78 is 11.7. The number of aryl methyl sites for hydroxylation is 1. The Kier molecular flexibility index (Phi) is 6.83. The van der Waals surface area contributed by atoms with Crippen molar-refractivity contribution in [2.24, 2.45) is 0 Å². The van der Waals surface area contributed by atoms with Crippen molar-refractivity contribution in [1.82, 2.24) is 4.98 Å². The number of nitrogens with zero attached hydrogens (tertiary/aromatic N) is 2. The molecule has 4 rings (SSSR count). The summed E-state index contributed by atoms with van der Waals surface area (Å²) in [5.41, 5.74) is 1.95. The molecule has 0 radical (unpaired) electrons. The van der Waals surface area contributed by atoms with Crippen molar-refractivity contribution in [3.05, 3.63) is 86.8 Å². The van der Waals surface area contributed by atoms with Crippen LogP contribution >= 0.6 is 34.5 Å². The van der Waals surface area contributed by atoms with Crippen molar-refractivity contribution in [2.75, 3.05) is 12.0 Å². The Balaban J connectivity index is 1.60. The third kappa shape index (κ3) is 4.80. The van der Waals surface area contributed by atoms with Crippen LogP contribution in [0.15, 0.2) is 60.7 Å². The molecule has 0 N–H and O–H groups in total. The van der Waals surface area contributed by atoms with Crippen LogP contribution in [0.5, 0.6) is 5.75 Å². The fourth-order valence-electron chi connectivity index (χ4n) is 3.27. The number of ether oxygens (including phenoxy) is 2. The van der Waals surface area contributed by atoms with Gasteiger partial charge in [-0.1, -0.05) is 53.5 Å². The molecular weight excluding hydrogens is 483 g/mol. The van der Waals surface area contributed by atoms with Gasteiger partial charge in [0, 0.05) is 0 Å². The molecule has 1 heterocycles. The number of rotatable bonds is 5. The van der Waals surface area contributed by atoms with Gasteiger partial charge in [-0.15, -0.1) is 11.3 Å². The number of carbonyl (C=O) groups is 2. The summed E-state index contributed by atoms with van der Waals surface area (Å²) in [4.78, 5) is 31.2. The molecule has 1 aromatic heterocycles. The number of amides is 2. The molecule has 33 heavy (non-hydrogen) atoms. The number of methoxy groups -OCH3 is 1. The summed E-state index contributed by atoms with van der Waals surface area (Å²) in [6, 6.07) is 17.7. The fraction of sp³-hybridized carbons (Fsp3) is 0.125. The molecule has 6 nitrogen and oxygen atoms in total. The number of benzene rings is 3.